The van der Waals surface area contributed by atoms with Crippen LogP contribution in [0.2, 0.25) is 0 Å². The molecule has 2 aliphatic heterocycles. The molecule has 0 bridgehead atoms. The number of carbonyl (C=O) groups excluding carboxylic acids is 1. The Bertz CT molecular complexity index is 607. The van der Waals surface area contributed by atoms with Crippen molar-refractivity contribution in [2.24, 2.45) is 5.92 Å². The van der Waals surface area contributed by atoms with E-state index in [2.05, 4.69) is 4.98 Å². The van der Waals surface area contributed by atoms with E-state index in [4.69, 9.17) is 9.84 Å². The topological polar surface area (TPSA) is 79.7 Å². The average molecular weight is 288 g/mol. The number of carbonyl (C=O) groups is 2. The van der Waals surface area contributed by atoms with Gasteiger partial charge < -0.3 is 14.7 Å². The lowest BCUT2D eigenvalue weighted by molar-refractivity contribution is -0.149. The molecule has 110 valence electrons. The first-order valence-corrected chi connectivity index (χ1v) is 6.89. The number of carboxylic acid groups (broad SMARTS) is 1. The summed E-state index contributed by atoms with van der Waals surface area (Å²) in [4.78, 5) is 28.9. The monoisotopic (exact) mass is 288 g/mol. The number of pyridine rings is 1. The third-order valence-corrected chi connectivity index (χ3v) is 3.86. The summed E-state index contributed by atoms with van der Waals surface area (Å²) >= 11 is 0. The molecule has 1 amide bonds. The van der Waals surface area contributed by atoms with Crippen molar-refractivity contribution in [1.29, 1.82) is 0 Å². The Hall–Kier alpha value is -2.21. The molecule has 1 aromatic rings. The van der Waals surface area contributed by atoms with Crippen molar-refractivity contribution < 1.29 is 19.4 Å². The predicted octanol–water partition coefficient (Wildman–Crippen LogP) is 1.04. The Kier molecular flexibility index (Phi) is 3.70. The quantitative estimate of drug-likeness (QED) is 0.899. The Morgan fingerprint density at radius 1 is 1.33 bits per heavy atom. The number of hydrogen-bond donors (Lipinski definition) is 1. The van der Waals surface area contributed by atoms with Gasteiger partial charge in [0.25, 0.3) is 0 Å². The molecule has 0 spiro atoms. The third-order valence-electron chi connectivity index (χ3n) is 3.86. The molecule has 0 radical (unpaired) electrons. The highest BCUT2D eigenvalue weighted by molar-refractivity contribution is 5.88. The minimum atomic E-state index is -0.984. The molecule has 1 N–H and O–H groups in total. The summed E-state index contributed by atoms with van der Waals surface area (Å²) in [5.41, 5.74) is 2.03. The van der Waals surface area contributed by atoms with Crippen LogP contribution in [0.5, 0.6) is 0 Å². The van der Waals surface area contributed by atoms with E-state index in [0.29, 0.717) is 32.7 Å². The van der Waals surface area contributed by atoms with Crippen LogP contribution in [0.4, 0.5) is 0 Å². The van der Waals surface area contributed by atoms with E-state index in [0.717, 1.165) is 11.1 Å². The van der Waals surface area contributed by atoms with Crippen LogP contribution in [0.25, 0.3) is 5.57 Å². The van der Waals surface area contributed by atoms with Crippen LogP contribution in [-0.2, 0) is 9.53 Å². The van der Waals surface area contributed by atoms with Crippen LogP contribution >= 0.6 is 0 Å². The fourth-order valence-corrected chi connectivity index (χ4v) is 2.50. The Balaban J connectivity index is 1.70. The molecular formula is C15H16N2O4. The van der Waals surface area contributed by atoms with E-state index in [9.17, 15) is 9.59 Å². The van der Waals surface area contributed by atoms with E-state index in [1.807, 2.05) is 11.0 Å². The van der Waals surface area contributed by atoms with Crippen LogP contribution in [-0.4, -0.2) is 53.2 Å². The first-order chi connectivity index (χ1) is 10.1. The van der Waals surface area contributed by atoms with Crippen LogP contribution in [0.15, 0.2) is 24.5 Å². The lowest BCUT2D eigenvalue weighted by atomic mass is 9.98. The molecule has 3 heterocycles. The molecule has 1 saturated heterocycles. The van der Waals surface area contributed by atoms with Crippen molar-refractivity contribution in [3.8, 4) is 0 Å². The molecule has 6 heteroatoms. The SMILES string of the molecule is O=C(O)c1cncc(C2=CCN(C(=O)C3COC3)CC2)c1. The molecule has 1 aromatic heterocycles. The zero-order valence-corrected chi connectivity index (χ0v) is 11.5. The number of carboxylic acids is 1. The normalized spacial score (nSPS) is 18.9. The number of hydrogen-bond acceptors (Lipinski definition) is 4. The smallest absolute Gasteiger partial charge is 0.337 e. The maximum absolute atomic E-state index is 12.1. The lowest BCUT2D eigenvalue weighted by Gasteiger charge is -2.33. The van der Waals surface area contributed by atoms with Gasteiger partial charge in [-0.1, -0.05) is 6.08 Å². The summed E-state index contributed by atoms with van der Waals surface area (Å²) in [6, 6.07) is 1.62. The second kappa shape index (κ2) is 5.65. The molecule has 3 rings (SSSR count). The molecule has 0 saturated carbocycles. The first-order valence-electron chi connectivity index (χ1n) is 6.89. The molecule has 6 nitrogen and oxygen atoms in total. The standard InChI is InChI=1S/C15H16N2O4/c18-14(13-8-21-9-13)17-3-1-10(2-4-17)11-5-12(15(19)20)7-16-6-11/h1,5-7,13H,2-4,8-9H2,(H,19,20). The summed E-state index contributed by atoms with van der Waals surface area (Å²) in [6.07, 6.45) is 5.69. The Labute approximate surface area is 122 Å². The van der Waals surface area contributed by atoms with Crippen molar-refractivity contribution in [3.63, 3.8) is 0 Å². The first kappa shape index (κ1) is 13.8. The van der Waals surface area contributed by atoms with Crippen molar-refractivity contribution in [2.45, 2.75) is 6.42 Å². The summed E-state index contributed by atoms with van der Waals surface area (Å²) in [5, 5.41) is 8.99. The highest BCUT2D eigenvalue weighted by atomic mass is 16.5. The maximum atomic E-state index is 12.1. The molecule has 2 aliphatic rings. The molecule has 0 unspecified atom stereocenters. The van der Waals surface area contributed by atoms with Crippen molar-refractivity contribution in [2.75, 3.05) is 26.3 Å². The average Bonchev–Trinajstić information content (AvgIpc) is 2.46. The minimum Gasteiger partial charge on any atom is -0.478 e. The summed E-state index contributed by atoms with van der Waals surface area (Å²) in [7, 11) is 0. The number of aromatic nitrogens is 1. The number of amides is 1. The van der Waals surface area contributed by atoms with E-state index in [-0.39, 0.29) is 17.4 Å². The number of aromatic carboxylic acids is 1. The van der Waals surface area contributed by atoms with E-state index < -0.39 is 5.97 Å². The number of ether oxygens (including phenoxy) is 1. The van der Waals surface area contributed by atoms with Crippen LogP contribution in [0, 0.1) is 5.92 Å². The number of nitrogens with zero attached hydrogens (tertiary/aromatic N) is 2. The van der Waals surface area contributed by atoms with Crippen LogP contribution in [0.3, 0.4) is 0 Å². The molecular weight excluding hydrogens is 272 g/mol. The van der Waals surface area contributed by atoms with Crippen molar-refractivity contribution in [3.05, 3.63) is 35.7 Å². The van der Waals surface area contributed by atoms with Gasteiger partial charge in [-0.15, -0.1) is 0 Å². The van der Waals surface area contributed by atoms with Crippen molar-refractivity contribution >= 4 is 17.4 Å². The Morgan fingerprint density at radius 2 is 2.14 bits per heavy atom. The van der Waals surface area contributed by atoms with E-state index >= 15 is 0 Å². The molecule has 0 aliphatic carbocycles. The predicted molar refractivity (Wildman–Crippen MR) is 74.7 cm³/mol. The van der Waals surface area contributed by atoms with Gasteiger partial charge in [-0.2, -0.15) is 0 Å². The fourth-order valence-electron chi connectivity index (χ4n) is 2.50. The minimum absolute atomic E-state index is 0.0111. The van der Waals surface area contributed by atoms with Gasteiger partial charge in [0.1, 0.15) is 0 Å². The van der Waals surface area contributed by atoms with Gasteiger partial charge >= 0.3 is 5.97 Å². The van der Waals surface area contributed by atoms with Gasteiger partial charge in [0.05, 0.1) is 24.7 Å². The zero-order chi connectivity index (χ0) is 14.8. The van der Waals surface area contributed by atoms with Gasteiger partial charge in [0.2, 0.25) is 5.91 Å². The molecule has 0 atom stereocenters. The maximum Gasteiger partial charge on any atom is 0.337 e. The summed E-state index contributed by atoms with van der Waals surface area (Å²) in [5.74, 6) is -0.825. The zero-order valence-electron chi connectivity index (χ0n) is 11.5. The molecule has 21 heavy (non-hydrogen) atoms. The van der Waals surface area contributed by atoms with Gasteiger partial charge in [-0.25, -0.2) is 4.79 Å². The van der Waals surface area contributed by atoms with Crippen LogP contribution < -0.4 is 0 Å². The van der Waals surface area contributed by atoms with Crippen LogP contribution in [0.1, 0.15) is 22.3 Å². The fraction of sp³-hybridized carbons (Fsp3) is 0.400. The third kappa shape index (κ3) is 2.80. The second-order valence-electron chi connectivity index (χ2n) is 5.27. The summed E-state index contributed by atoms with van der Waals surface area (Å²) in [6.45, 7) is 2.26. The highest BCUT2D eigenvalue weighted by Crippen LogP contribution is 2.24. The molecule has 1 fully saturated rings. The van der Waals surface area contributed by atoms with Gasteiger partial charge in [0, 0.05) is 25.5 Å². The van der Waals surface area contributed by atoms with Gasteiger partial charge in [0.15, 0.2) is 0 Å². The number of rotatable bonds is 3. The second-order valence-corrected chi connectivity index (χ2v) is 5.27. The van der Waals surface area contributed by atoms with Gasteiger partial charge in [-0.05, 0) is 23.6 Å². The Morgan fingerprint density at radius 3 is 2.71 bits per heavy atom. The van der Waals surface area contributed by atoms with E-state index in [1.54, 1.807) is 12.3 Å². The molecule has 0 aromatic carbocycles. The largest absolute Gasteiger partial charge is 0.478 e. The van der Waals surface area contributed by atoms with E-state index in [1.165, 1.54) is 6.20 Å². The van der Waals surface area contributed by atoms with Crippen molar-refractivity contribution in [1.82, 2.24) is 9.88 Å². The summed E-state index contributed by atoms with van der Waals surface area (Å²) < 4.78 is 5.05. The van der Waals surface area contributed by atoms with Gasteiger partial charge in [-0.3, -0.25) is 9.78 Å². The lowest BCUT2D eigenvalue weighted by Crippen LogP contribution is -2.46. The highest BCUT2D eigenvalue weighted by Gasteiger charge is 2.31.